The number of rotatable bonds is 4. The Morgan fingerprint density at radius 1 is 1.46 bits per heavy atom. The van der Waals surface area contributed by atoms with Gasteiger partial charge in [-0.25, -0.2) is 13.8 Å². The van der Waals surface area contributed by atoms with E-state index < -0.39 is 23.9 Å². The van der Waals surface area contributed by atoms with Crippen LogP contribution >= 0.6 is 11.3 Å². The van der Waals surface area contributed by atoms with Gasteiger partial charge >= 0.3 is 0 Å². The highest BCUT2D eigenvalue weighted by molar-refractivity contribution is 7.14. The lowest BCUT2D eigenvalue weighted by molar-refractivity contribution is -0.0674. The average Bonchev–Trinajstić information content (AvgIpc) is 3.28. The molecule has 0 saturated heterocycles. The lowest BCUT2D eigenvalue weighted by Crippen LogP contribution is -2.59. The molecule has 3 heterocycles. The average molecular weight is 404 g/mol. The van der Waals surface area contributed by atoms with Crippen molar-refractivity contribution in [3.05, 3.63) is 46.4 Å². The monoisotopic (exact) mass is 404 g/mol. The van der Waals surface area contributed by atoms with E-state index in [1.165, 1.54) is 11.3 Å². The van der Waals surface area contributed by atoms with E-state index in [2.05, 4.69) is 10.3 Å². The zero-order chi connectivity index (χ0) is 19.9. The van der Waals surface area contributed by atoms with Crippen molar-refractivity contribution in [2.24, 2.45) is 5.73 Å². The van der Waals surface area contributed by atoms with Crippen LogP contribution < -0.4 is 11.1 Å². The van der Waals surface area contributed by atoms with E-state index in [-0.39, 0.29) is 6.42 Å². The van der Waals surface area contributed by atoms with Gasteiger partial charge < -0.3 is 11.1 Å². The number of nitrogens with two attached hydrogens (primary N) is 1. The zero-order valence-electron chi connectivity index (χ0n) is 15.5. The molecule has 1 aliphatic carbocycles. The zero-order valence-corrected chi connectivity index (χ0v) is 16.3. The van der Waals surface area contributed by atoms with E-state index in [9.17, 15) is 13.6 Å². The molecule has 0 aromatic carbocycles. The van der Waals surface area contributed by atoms with Crippen molar-refractivity contribution >= 4 is 22.9 Å². The number of amides is 1. The summed E-state index contributed by atoms with van der Waals surface area (Å²) in [4.78, 5) is 18.6. The van der Waals surface area contributed by atoms with Crippen LogP contribution in [0.4, 0.5) is 8.78 Å². The summed E-state index contributed by atoms with van der Waals surface area (Å²) in [5.74, 6) is -3.48. The molecule has 148 valence electrons. The first kappa shape index (κ1) is 19.0. The molecule has 0 spiro atoms. The Morgan fingerprint density at radius 3 is 3.04 bits per heavy atom. The second-order valence-electron chi connectivity index (χ2n) is 7.14. The van der Waals surface area contributed by atoms with Gasteiger partial charge in [-0.3, -0.25) is 9.20 Å². The fourth-order valence-corrected chi connectivity index (χ4v) is 4.80. The molecule has 3 aromatic rings. The summed E-state index contributed by atoms with van der Waals surface area (Å²) in [6.07, 6.45) is 5.02. The lowest BCUT2D eigenvalue weighted by Gasteiger charge is -2.36. The number of aryl methyl sites for hydroxylation is 1. The number of fused-ring (bicyclic) bond motifs is 1. The van der Waals surface area contributed by atoms with Crippen molar-refractivity contribution in [3.8, 4) is 11.3 Å². The standard InChI is InChI=1S/C20H22F2N4OS/c1-2-15-12(14-11-24-17-7-3-4-9-26(14)17)10-16(28-15)19(27)25-18-13(23)6-5-8-20(18,21)22/h3-4,7,9-11,13,18H,2,5-6,8,23H2,1H3,(H,25,27)/t13-,18?/m1/s1. The van der Waals surface area contributed by atoms with Crippen molar-refractivity contribution in [1.82, 2.24) is 14.7 Å². The van der Waals surface area contributed by atoms with E-state index in [0.29, 0.717) is 17.7 Å². The normalized spacial score (nSPS) is 21.7. The predicted molar refractivity (Wildman–Crippen MR) is 106 cm³/mol. The summed E-state index contributed by atoms with van der Waals surface area (Å²) in [6, 6.07) is 5.42. The Kier molecular flexibility index (Phi) is 4.93. The molecule has 1 amide bonds. The van der Waals surface area contributed by atoms with Crippen molar-refractivity contribution in [3.63, 3.8) is 0 Å². The number of hydrogen-bond donors (Lipinski definition) is 2. The van der Waals surface area contributed by atoms with E-state index in [1.807, 2.05) is 35.7 Å². The molecule has 1 aliphatic rings. The fourth-order valence-electron chi connectivity index (χ4n) is 3.79. The third-order valence-electron chi connectivity index (χ3n) is 5.26. The number of alkyl halides is 2. The van der Waals surface area contributed by atoms with Crippen LogP contribution in [0.15, 0.2) is 36.7 Å². The van der Waals surface area contributed by atoms with Gasteiger partial charge in [-0.1, -0.05) is 13.0 Å². The molecule has 1 saturated carbocycles. The predicted octanol–water partition coefficient (Wildman–Crippen LogP) is 3.87. The van der Waals surface area contributed by atoms with Crippen molar-refractivity contribution < 1.29 is 13.6 Å². The van der Waals surface area contributed by atoms with Gasteiger partial charge in [-0.05, 0) is 37.5 Å². The number of hydrogen-bond acceptors (Lipinski definition) is 4. The quantitative estimate of drug-likeness (QED) is 0.693. The Balaban J connectivity index is 1.65. The third kappa shape index (κ3) is 3.31. The third-order valence-corrected chi connectivity index (χ3v) is 6.54. The van der Waals surface area contributed by atoms with Crippen LogP contribution in [0, 0.1) is 0 Å². The molecule has 0 bridgehead atoms. The second-order valence-corrected chi connectivity index (χ2v) is 8.28. The Morgan fingerprint density at radius 2 is 2.29 bits per heavy atom. The van der Waals surface area contributed by atoms with Crippen molar-refractivity contribution in [2.45, 2.75) is 50.6 Å². The number of carbonyl (C=O) groups is 1. The highest BCUT2D eigenvalue weighted by Crippen LogP contribution is 2.35. The number of halogens is 2. The van der Waals surface area contributed by atoms with Crippen LogP contribution in [0.1, 0.15) is 40.7 Å². The molecule has 3 N–H and O–H groups in total. The molecule has 0 aliphatic heterocycles. The van der Waals surface area contributed by atoms with Crippen molar-refractivity contribution in [1.29, 1.82) is 0 Å². The second kappa shape index (κ2) is 7.25. The number of carbonyl (C=O) groups excluding carboxylic acids is 1. The van der Waals surface area contributed by atoms with Gasteiger partial charge in [0.25, 0.3) is 11.8 Å². The van der Waals surface area contributed by atoms with Gasteiger partial charge in [-0.2, -0.15) is 0 Å². The summed E-state index contributed by atoms with van der Waals surface area (Å²) >= 11 is 1.33. The summed E-state index contributed by atoms with van der Waals surface area (Å²) in [6.45, 7) is 2.01. The lowest BCUT2D eigenvalue weighted by atomic mass is 9.87. The van der Waals surface area contributed by atoms with Gasteiger partial charge in [0.15, 0.2) is 0 Å². The molecular weight excluding hydrogens is 382 g/mol. The first-order chi connectivity index (χ1) is 13.4. The highest BCUT2D eigenvalue weighted by Gasteiger charge is 2.46. The minimum atomic E-state index is -2.98. The van der Waals surface area contributed by atoms with E-state index in [4.69, 9.17) is 5.73 Å². The van der Waals surface area contributed by atoms with Crippen LogP contribution in [0.25, 0.3) is 16.9 Å². The molecule has 0 radical (unpaired) electrons. The van der Waals surface area contributed by atoms with E-state index >= 15 is 0 Å². The number of imidazole rings is 1. The molecule has 4 rings (SSSR count). The Hall–Kier alpha value is -2.32. The summed E-state index contributed by atoms with van der Waals surface area (Å²) in [7, 11) is 0. The number of pyridine rings is 1. The number of thiophene rings is 1. The highest BCUT2D eigenvalue weighted by atomic mass is 32.1. The first-order valence-corrected chi connectivity index (χ1v) is 10.2. The molecule has 5 nitrogen and oxygen atoms in total. The van der Waals surface area contributed by atoms with Crippen LogP contribution in [0.3, 0.4) is 0 Å². The van der Waals surface area contributed by atoms with E-state index in [0.717, 1.165) is 28.2 Å². The number of aromatic nitrogens is 2. The molecular formula is C20H22F2N4OS. The van der Waals surface area contributed by atoms with Gasteiger partial charge in [-0.15, -0.1) is 11.3 Å². The maximum atomic E-state index is 14.2. The molecule has 28 heavy (non-hydrogen) atoms. The van der Waals surface area contributed by atoms with Gasteiger partial charge in [0.05, 0.1) is 16.8 Å². The molecule has 8 heteroatoms. The topological polar surface area (TPSA) is 72.4 Å². The van der Waals surface area contributed by atoms with Gasteiger partial charge in [0.1, 0.15) is 11.7 Å². The first-order valence-electron chi connectivity index (χ1n) is 9.40. The van der Waals surface area contributed by atoms with Crippen LogP contribution in [-0.4, -0.2) is 33.3 Å². The minimum absolute atomic E-state index is 0.247. The SMILES string of the molecule is CCc1sc(C(=O)NC2[C@H](N)CCCC2(F)F)cc1-c1cnc2ccccn12. The summed E-state index contributed by atoms with van der Waals surface area (Å²) < 4.78 is 30.4. The van der Waals surface area contributed by atoms with Gasteiger partial charge in [0.2, 0.25) is 0 Å². The van der Waals surface area contributed by atoms with E-state index in [1.54, 1.807) is 12.3 Å². The van der Waals surface area contributed by atoms with Gasteiger partial charge in [0, 0.05) is 29.1 Å². The maximum absolute atomic E-state index is 14.2. The fraction of sp³-hybridized carbons (Fsp3) is 0.400. The minimum Gasteiger partial charge on any atom is -0.341 e. The molecule has 2 atom stereocenters. The van der Waals surface area contributed by atoms with Crippen molar-refractivity contribution in [2.75, 3.05) is 0 Å². The molecule has 1 unspecified atom stereocenters. The largest absolute Gasteiger partial charge is 0.341 e. The summed E-state index contributed by atoms with van der Waals surface area (Å²) in [5, 5.41) is 2.50. The number of nitrogens with one attached hydrogen (secondary N) is 1. The molecule has 1 fully saturated rings. The van der Waals surface area contributed by atoms with Crippen LogP contribution in [-0.2, 0) is 6.42 Å². The van der Waals surface area contributed by atoms with Crippen LogP contribution in [0.2, 0.25) is 0 Å². The van der Waals surface area contributed by atoms with Crippen LogP contribution in [0.5, 0.6) is 0 Å². The molecule has 3 aromatic heterocycles. The maximum Gasteiger partial charge on any atom is 0.269 e. The Labute approximate surface area is 165 Å². The summed E-state index contributed by atoms with van der Waals surface area (Å²) in [5.41, 5.74) is 8.46. The Bertz CT molecular complexity index is 1010. The number of nitrogens with zero attached hydrogens (tertiary/aromatic N) is 2. The smallest absolute Gasteiger partial charge is 0.269 e.